The van der Waals surface area contributed by atoms with E-state index in [0.717, 1.165) is 0 Å². The van der Waals surface area contributed by atoms with E-state index in [9.17, 15) is 9.59 Å². The zero-order valence-electron chi connectivity index (χ0n) is 7.36. The molecule has 0 aromatic heterocycles. The second kappa shape index (κ2) is 6.19. The zero-order valence-corrected chi connectivity index (χ0v) is 7.36. The van der Waals surface area contributed by atoms with E-state index in [1.165, 1.54) is 19.1 Å². The van der Waals surface area contributed by atoms with Gasteiger partial charge in [0.2, 0.25) is 5.91 Å². The van der Waals surface area contributed by atoms with Crippen LogP contribution in [0.1, 0.15) is 13.3 Å². The van der Waals surface area contributed by atoms with Crippen molar-refractivity contribution < 1.29 is 19.8 Å². The van der Waals surface area contributed by atoms with Crippen LogP contribution in [0.4, 0.5) is 0 Å². The van der Waals surface area contributed by atoms with E-state index < -0.39 is 12.0 Å². The normalized spacial score (nSPS) is 12.8. The Bertz CT molecular complexity index is 212. The molecule has 13 heavy (non-hydrogen) atoms. The number of aliphatic hydroxyl groups excluding tert-OH is 1. The summed E-state index contributed by atoms with van der Waals surface area (Å²) in [7, 11) is 0. The fourth-order valence-electron chi connectivity index (χ4n) is 0.774. The number of aliphatic hydroxyl groups is 1. The lowest BCUT2D eigenvalue weighted by Gasteiger charge is -2.09. The van der Waals surface area contributed by atoms with E-state index in [4.69, 9.17) is 10.2 Å². The van der Waals surface area contributed by atoms with Gasteiger partial charge in [-0.15, -0.1) is 0 Å². The number of carboxylic acids is 1. The summed E-state index contributed by atoms with van der Waals surface area (Å²) in [6.07, 6.45) is 3.11. The maximum absolute atomic E-state index is 10.5. The van der Waals surface area contributed by atoms with Gasteiger partial charge >= 0.3 is 5.97 Å². The molecule has 0 radical (unpaired) electrons. The molecule has 5 nitrogen and oxygen atoms in total. The second-order valence-corrected chi connectivity index (χ2v) is 2.48. The third-order valence-corrected chi connectivity index (χ3v) is 1.32. The molecule has 1 atom stereocenters. The topological polar surface area (TPSA) is 86.6 Å². The molecule has 0 spiro atoms. The summed E-state index contributed by atoms with van der Waals surface area (Å²) in [5.74, 6) is -1.47. The average molecular weight is 187 g/mol. The van der Waals surface area contributed by atoms with Crippen LogP contribution < -0.4 is 5.32 Å². The standard InChI is InChI=1S/C8H13NO4/c1-6(11)9-7(8(12)13)4-2-3-5-10/h2-3,7,10H,4-5H2,1H3,(H,9,11)(H,12,13)/b3-2-/t7-/m0/s1. The van der Waals surface area contributed by atoms with Gasteiger partial charge in [-0.25, -0.2) is 4.79 Å². The highest BCUT2D eigenvalue weighted by atomic mass is 16.4. The molecule has 5 heteroatoms. The molecule has 0 aromatic carbocycles. The lowest BCUT2D eigenvalue weighted by Crippen LogP contribution is -2.39. The maximum atomic E-state index is 10.5. The Morgan fingerprint density at radius 2 is 2.08 bits per heavy atom. The van der Waals surface area contributed by atoms with Crippen molar-refractivity contribution in [2.45, 2.75) is 19.4 Å². The van der Waals surface area contributed by atoms with Crippen molar-refractivity contribution in [2.75, 3.05) is 6.61 Å². The predicted octanol–water partition coefficient (Wildman–Crippen LogP) is -0.486. The molecule has 0 unspecified atom stereocenters. The Morgan fingerprint density at radius 1 is 1.46 bits per heavy atom. The average Bonchev–Trinajstić information content (AvgIpc) is 2.02. The number of hydrogen-bond donors (Lipinski definition) is 3. The van der Waals surface area contributed by atoms with Crippen molar-refractivity contribution in [2.24, 2.45) is 0 Å². The lowest BCUT2D eigenvalue weighted by molar-refractivity contribution is -0.141. The van der Waals surface area contributed by atoms with Gasteiger partial charge in [0.05, 0.1) is 6.61 Å². The van der Waals surface area contributed by atoms with Crippen LogP contribution in [0, 0.1) is 0 Å². The Balaban J connectivity index is 4.02. The Labute approximate surface area is 76.1 Å². The zero-order chi connectivity index (χ0) is 10.3. The highest BCUT2D eigenvalue weighted by Crippen LogP contribution is 1.94. The van der Waals surface area contributed by atoms with Crippen LogP contribution in [0.3, 0.4) is 0 Å². The molecule has 0 saturated carbocycles. The summed E-state index contributed by atoms with van der Waals surface area (Å²) in [6, 6.07) is -0.916. The molecular weight excluding hydrogens is 174 g/mol. The van der Waals surface area contributed by atoms with Gasteiger partial charge in [-0.2, -0.15) is 0 Å². The van der Waals surface area contributed by atoms with Gasteiger partial charge in [0, 0.05) is 6.92 Å². The van der Waals surface area contributed by atoms with Crippen molar-refractivity contribution in [3.8, 4) is 0 Å². The van der Waals surface area contributed by atoms with Gasteiger partial charge in [-0.1, -0.05) is 12.2 Å². The van der Waals surface area contributed by atoms with E-state index in [0.29, 0.717) is 0 Å². The van der Waals surface area contributed by atoms with Crippen molar-refractivity contribution in [1.82, 2.24) is 5.32 Å². The first-order valence-corrected chi connectivity index (χ1v) is 3.83. The smallest absolute Gasteiger partial charge is 0.326 e. The maximum Gasteiger partial charge on any atom is 0.326 e. The van der Waals surface area contributed by atoms with E-state index in [2.05, 4.69) is 5.32 Å². The van der Waals surface area contributed by atoms with Crippen LogP contribution in [0.25, 0.3) is 0 Å². The van der Waals surface area contributed by atoms with Crippen molar-refractivity contribution in [3.05, 3.63) is 12.2 Å². The fraction of sp³-hybridized carbons (Fsp3) is 0.500. The van der Waals surface area contributed by atoms with Gasteiger partial charge in [0.15, 0.2) is 0 Å². The number of amides is 1. The monoisotopic (exact) mass is 187 g/mol. The highest BCUT2D eigenvalue weighted by molar-refractivity contribution is 5.82. The molecule has 0 aliphatic rings. The summed E-state index contributed by atoms with van der Waals surface area (Å²) in [4.78, 5) is 21.1. The summed E-state index contributed by atoms with van der Waals surface area (Å²) in [5.41, 5.74) is 0. The molecule has 3 N–H and O–H groups in total. The first-order valence-electron chi connectivity index (χ1n) is 3.83. The molecule has 0 saturated heterocycles. The summed E-state index contributed by atoms with van der Waals surface area (Å²) in [5, 5.41) is 19.3. The molecule has 0 rings (SSSR count). The minimum atomic E-state index is -1.09. The number of hydrogen-bond acceptors (Lipinski definition) is 3. The minimum Gasteiger partial charge on any atom is -0.480 e. The van der Waals surface area contributed by atoms with Crippen LogP contribution in [-0.4, -0.2) is 34.7 Å². The quantitative estimate of drug-likeness (QED) is 0.507. The number of carbonyl (C=O) groups is 2. The molecule has 0 aliphatic carbocycles. The number of nitrogens with one attached hydrogen (secondary N) is 1. The third-order valence-electron chi connectivity index (χ3n) is 1.32. The molecule has 74 valence electrons. The van der Waals surface area contributed by atoms with E-state index in [1.54, 1.807) is 0 Å². The second-order valence-electron chi connectivity index (χ2n) is 2.48. The van der Waals surface area contributed by atoms with Crippen molar-refractivity contribution >= 4 is 11.9 Å². The van der Waals surface area contributed by atoms with E-state index in [-0.39, 0.29) is 18.9 Å². The largest absolute Gasteiger partial charge is 0.480 e. The third kappa shape index (κ3) is 5.86. The van der Waals surface area contributed by atoms with Crippen LogP contribution in [0.5, 0.6) is 0 Å². The van der Waals surface area contributed by atoms with Crippen molar-refractivity contribution in [1.29, 1.82) is 0 Å². The first kappa shape index (κ1) is 11.6. The molecule has 0 bridgehead atoms. The Kier molecular flexibility index (Phi) is 5.54. The van der Waals surface area contributed by atoms with E-state index in [1.807, 2.05) is 0 Å². The van der Waals surface area contributed by atoms with Crippen LogP contribution in [0.2, 0.25) is 0 Å². The number of rotatable bonds is 5. The fourth-order valence-corrected chi connectivity index (χ4v) is 0.774. The van der Waals surface area contributed by atoms with Gasteiger partial charge in [0.25, 0.3) is 0 Å². The van der Waals surface area contributed by atoms with Gasteiger partial charge in [-0.3, -0.25) is 4.79 Å². The van der Waals surface area contributed by atoms with E-state index >= 15 is 0 Å². The van der Waals surface area contributed by atoms with Crippen LogP contribution >= 0.6 is 0 Å². The van der Waals surface area contributed by atoms with Gasteiger partial charge in [-0.05, 0) is 6.42 Å². The molecule has 0 heterocycles. The summed E-state index contributed by atoms with van der Waals surface area (Å²) < 4.78 is 0. The Hall–Kier alpha value is -1.36. The van der Waals surface area contributed by atoms with Crippen LogP contribution in [0.15, 0.2) is 12.2 Å². The molecule has 1 amide bonds. The first-order chi connectivity index (χ1) is 6.07. The van der Waals surface area contributed by atoms with Gasteiger partial charge < -0.3 is 15.5 Å². The number of aliphatic carboxylic acids is 1. The molecule has 0 aromatic rings. The number of carbonyl (C=O) groups excluding carboxylic acids is 1. The number of carboxylic acid groups (broad SMARTS) is 1. The molecule has 0 aliphatic heterocycles. The minimum absolute atomic E-state index is 0.133. The SMILES string of the molecule is CC(=O)N[C@@H](C/C=C\CO)C(=O)O. The summed E-state index contributed by atoms with van der Waals surface area (Å²) in [6.45, 7) is 1.12. The molecular formula is C8H13NO4. The highest BCUT2D eigenvalue weighted by Gasteiger charge is 2.15. The Morgan fingerprint density at radius 3 is 2.46 bits per heavy atom. The molecule has 0 fully saturated rings. The van der Waals surface area contributed by atoms with Crippen molar-refractivity contribution in [3.63, 3.8) is 0 Å². The lowest BCUT2D eigenvalue weighted by atomic mass is 10.2. The van der Waals surface area contributed by atoms with Crippen LogP contribution in [-0.2, 0) is 9.59 Å². The summed E-state index contributed by atoms with van der Waals surface area (Å²) >= 11 is 0. The predicted molar refractivity (Wildman–Crippen MR) is 46.1 cm³/mol. The van der Waals surface area contributed by atoms with Gasteiger partial charge in [0.1, 0.15) is 6.04 Å².